The molecule has 0 aromatic heterocycles. The number of Topliss-reactive ketones (excluding diaryl/α,β-unsaturated/α-hetero) is 1. The molecule has 9 atom stereocenters. The van der Waals surface area contributed by atoms with E-state index in [0.29, 0.717) is 29.4 Å². The van der Waals surface area contributed by atoms with Crippen molar-refractivity contribution in [1.82, 2.24) is 0 Å². The van der Waals surface area contributed by atoms with Gasteiger partial charge in [-0.05, 0) is 110 Å². The van der Waals surface area contributed by atoms with Crippen LogP contribution in [0.5, 0.6) is 0 Å². The second-order valence-electron chi connectivity index (χ2n) is 14.3. The number of ether oxygens (including phenoxy) is 1. The molecule has 5 aliphatic rings. The minimum absolute atomic E-state index is 0.0816. The van der Waals surface area contributed by atoms with Gasteiger partial charge in [-0.15, -0.1) is 0 Å². The summed E-state index contributed by atoms with van der Waals surface area (Å²) in [6.07, 6.45) is 10.1. The number of carboxylic acids is 1. The van der Waals surface area contributed by atoms with Crippen LogP contribution in [0, 0.1) is 56.7 Å². The van der Waals surface area contributed by atoms with Crippen LogP contribution >= 0.6 is 0 Å². The van der Waals surface area contributed by atoms with Crippen LogP contribution in [-0.4, -0.2) is 24.0 Å². The molecule has 0 aromatic carbocycles. The molecule has 0 unspecified atom stereocenters. The van der Waals surface area contributed by atoms with Gasteiger partial charge in [-0.3, -0.25) is 9.59 Å². The zero-order valence-corrected chi connectivity index (χ0v) is 23.0. The monoisotopic (exact) mass is 482 g/mol. The average Bonchev–Trinajstić information content (AvgIpc) is 3.18. The van der Waals surface area contributed by atoms with Crippen LogP contribution in [0.1, 0.15) is 92.9 Å². The molecule has 1 N–H and O–H groups in total. The van der Waals surface area contributed by atoms with Crippen LogP contribution in [0.3, 0.4) is 0 Å². The maximum atomic E-state index is 13.3. The lowest BCUT2D eigenvalue weighted by molar-refractivity contribution is -0.222. The zero-order chi connectivity index (χ0) is 25.8. The number of carbonyl (C=O) groups is 2. The van der Waals surface area contributed by atoms with Gasteiger partial charge in [0, 0.05) is 5.41 Å². The highest BCUT2D eigenvalue weighted by Crippen LogP contribution is 2.77. The van der Waals surface area contributed by atoms with Crippen molar-refractivity contribution in [3.05, 3.63) is 24.0 Å². The van der Waals surface area contributed by atoms with E-state index in [1.165, 1.54) is 5.57 Å². The van der Waals surface area contributed by atoms with E-state index in [0.717, 1.165) is 51.4 Å². The SMILES string of the molecule is C=C(C)[C@@H]1CC[C@]2(C(=O)O)CC[C@]3(C)[C@H](CC[C@@H]4[C@@]5(C)C=C(OC)C(=O)C(C)(C)[C@@H]5CC[C@]43C)[C@@H]12. The number of allylic oxidation sites excluding steroid dienone is 3. The Balaban J connectivity index is 1.61. The van der Waals surface area contributed by atoms with Crippen LogP contribution in [0.4, 0.5) is 0 Å². The van der Waals surface area contributed by atoms with E-state index in [1.54, 1.807) is 7.11 Å². The predicted octanol–water partition coefficient (Wildman–Crippen LogP) is 7.05. The van der Waals surface area contributed by atoms with E-state index in [2.05, 4.69) is 54.2 Å². The topological polar surface area (TPSA) is 63.6 Å². The number of carboxylic acid groups (broad SMARTS) is 1. The number of carbonyl (C=O) groups excluding carboxylic acids is 1. The van der Waals surface area contributed by atoms with Crippen LogP contribution in [-0.2, 0) is 14.3 Å². The third-order valence-corrected chi connectivity index (χ3v) is 13.0. The maximum Gasteiger partial charge on any atom is 0.309 e. The van der Waals surface area contributed by atoms with Crippen molar-refractivity contribution >= 4 is 11.8 Å². The van der Waals surface area contributed by atoms with Crippen molar-refractivity contribution in [3.8, 4) is 0 Å². The number of ketones is 1. The largest absolute Gasteiger partial charge is 0.493 e. The van der Waals surface area contributed by atoms with Gasteiger partial charge in [-0.25, -0.2) is 0 Å². The number of methoxy groups -OCH3 is 1. The molecule has 0 aliphatic heterocycles. The second kappa shape index (κ2) is 7.48. The Morgan fingerprint density at radius 1 is 0.971 bits per heavy atom. The lowest BCUT2D eigenvalue weighted by atomic mass is 9.33. The lowest BCUT2D eigenvalue weighted by Crippen LogP contribution is -2.66. The first-order valence-electron chi connectivity index (χ1n) is 13.9. The molecule has 4 saturated carbocycles. The Labute approximate surface area is 212 Å². The van der Waals surface area contributed by atoms with Gasteiger partial charge in [-0.1, -0.05) is 46.8 Å². The summed E-state index contributed by atoms with van der Waals surface area (Å²) in [5.41, 5.74) is 0.230. The Kier molecular flexibility index (Phi) is 5.36. The molecule has 4 heteroatoms. The highest BCUT2D eigenvalue weighted by atomic mass is 16.5. The van der Waals surface area contributed by atoms with Crippen molar-refractivity contribution < 1.29 is 19.4 Å². The molecule has 0 radical (unpaired) electrons. The van der Waals surface area contributed by atoms with Crippen molar-refractivity contribution in [3.63, 3.8) is 0 Å². The quantitative estimate of drug-likeness (QED) is 0.438. The molecule has 0 aromatic rings. The summed E-state index contributed by atoms with van der Waals surface area (Å²) >= 11 is 0. The minimum Gasteiger partial charge on any atom is -0.493 e. The third-order valence-electron chi connectivity index (χ3n) is 13.0. The number of rotatable bonds is 3. The summed E-state index contributed by atoms with van der Waals surface area (Å²) in [4.78, 5) is 26.1. The minimum atomic E-state index is -0.583. The molecule has 0 bridgehead atoms. The fourth-order valence-corrected chi connectivity index (χ4v) is 11.1. The normalized spacial score (nSPS) is 50.2. The van der Waals surface area contributed by atoms with Crippen LogP contribution in [0.2, 0.25) is 0 Å². The molecular formula is C31H46O4. The molecule has 194 valence electrons. The van der Waals surface area contributed by atoms with E-state index in [-0.39, 0.29) is 27.9 Å². The van der Waals surface area contributed by atoms with Crippen molar-refractivity contribution in [2.75, 3.05) is 7.11 Å². The first kappa shape index (κ1) is 25.1. The predicted molar refractivity (Wildman–Crippen MR) is 137 cm³/mol. The standard InChI is InChI=1S/C31H46O4/c1-18(2)19-11-14-31(26(33)34)16-15-29(6)20(24(19)31)9-10-23-28(5)17-21(35-8)25(32)27(3,4)22(28)12-13-30(23,29)7/h17,19-20,22-24H,1,9-16H2,2-8H3,(H,33,34)/t19-,20+,22-,23+,24+,28-,29+,30+,31-/m0/s1. The van der Waals surface area contributed by atoms with E-state index in [1.807, 2.05) is 0 Å². The molecule has 5 rings (SSSR count). The summed E-state index contributed by atoms with van der Waals surface area (Å²) in [6.45, 7) is 18.1. The molecule has 4 nitrogen and oxygen atoms in total. The molecular weight excluding hydrogens is 436 g/mol. The summed E-state index contributed by atoms with van der Waals surface area (Å²) in [6, 6.07) is 0. The van der Waals surface area contributed by atoms with Crippen molar-refractivity contribution in [2.45, 2.75) is 92.9 Å². The zero-order valence-electron chi connectivity index (χ0n) is 23.0. The summed E-state index contributed by atoms with van der Waals surface area (Å²) < 4.78 is 5.67. The summed E-state index contributed by atoms with van der Waals surface area (Å²) in [7, 11) is 1.63. The van der Waals surface area contributed by atoms with Crippen molar-refractivity contribution in [2.24, 2.45) is 56.7 Å². The van der Waals surface area contributed by atoms with Gasteiger partial charge in [0.25, 0.3) is 0 Å². The van der Waals surface area contributed by atoms with Crippen LogP contribution < -0.4 is 0 Å². The highest BCUT2D eigenvalue weighted by Gasteiger charge is 2.72. The molecule has 0 spiro atoms. The molecule has 0 amide bonds. The molecule has 35 heavy (non-hydrogen) atoms. The van der Waals surface area contributed by atoms with Gasteiger partial charge in [0.15, 0.2) is 5.76 Å². The van der Waals surface area contributed by atoms with Gasteiger partial charge in [0.05, 0.1) is 12.5 Å². The fourth-order valence-electron chi connectivity index (χ4n) is 11.1. The first-order valence-corrected chi connectivity index (χ1v) is 13.9. The smallest absolute Gasteiger partial charge is 0.309 e. The number of hydrogen-bond acceptors (Lipinski definition) is 3. The molecule has 0 saturated heterocycles. The summed E-state index contributed by atoms with van der Waals surface area (Å²) in [5.74, 6) is 1.77. The molecule has 5 aliphatic carbocycles. The van der Waals surface area contributed by atoms with Gasteiger partial charge in [0.1, 0.15) is 0 Å². The Morgan fingerprint density at radius 3 is 2.26 bits per heavy atom. The van der Waals surface area contributed by atoms with Gasteiger partial charge in [0.2, 0.25) is 5.78 Å². The Bertz CT molecular complexity index is 1010. The lowest BCUT2D eigenvalue weighted by Gasteiger charge is -2.71. The Morgan fingerprint density at radius 2 is 1.66 bits per heavy atom. The van der Waals surface area contributed by atoms with Gasteiger partial charge >= 0.3 is 5.97 Å². The molecule has 4 fully saturated rings. The second-order valence-corrected chi connectivity index (χ2v) is 14.3. The van der Waals surface area contributed by atoms with Crippen LogP contribution in [0.25, 0.3) is 0 Å². The third kappa shape index (κ3) is 2.86. The van der Waals surface area contributed by atoms with Gasteiger partial charge < -0.3 is 9.84 Å². The van der Waals surface area contributed by atoms with E-state index in [4.69, 9.17) is 4.74 Å². The number of aliphatic carboxylic acids is 1. The fraction of sp³-hybridized carbons (Fsp3) is 0.806. The molecule has 0 heterocycles. The first-order chi connectivity index (χ1) is 16.2. The average molecular weight is 483 g/mol. The van der Waals surface area contributed by atoms with Crippen LogP contribution in [0.15, 0.2) is 24.0 Å². The van der Waals surface area contributed by atoms with E-state index < -0.39 is 16.8 Å². The number of fused-ring (bicyclic) bond motifs is 7. The van der Waals surface area contributed by atoms with Gasteiger partial charge in [-0.2, -0.15) is 0 Å². The van der Waals surface area contributed by atoms with Crippen molar-refractivity contribution in [1.29, 1.82) is 0 Å². The van der Waals surface area contributed by atoms with E-state index in [9.17, 15) is 14.7 Å². The Hall–Kier alpha value is -1.58. The number of hydrogen-bond donors (Lipinski definition) is 1. The summed E-state index contributed by atoms with van der Waals surface area (Å²) in [5, 5.41) is 10.5. The van der Waals surface area contributed by atoms with E-state index >= 15 is 0 Å². The highest BCUT2D eigenvalue weighted by molar-refractivity contribution is 5.99. The maximum absolute atomic E-state index is 13.3.